The number of methoxy groups -OCH3 is 1. The summed E-state index contributed by atoms with van der Waals surface area (Å²) >= 11 is 0. The summed E-state index contributed by atoms with van der Waals surface area (Å²) in [5, 5.41) is 2.97. The molecule has 0 spiro atoms. The van der Waals surface area contributed by atoms with Crippen LogP contribution in [0.3, 0.4) is 0 Å². The summed E-state index contributed by atoms with van der Waals surface area (Å²) in [5.74, 6) is 0.832. The van der Waals surface area contributed by atoms with Gasteiger partial charge in [0.05, 0.1) is 13.7 Å². The van der Waals surface area contributed by atoms with Crippen molar-refractivity contribution in [2.24, 2.45) is 5.92 Å². The van der Waals surface area contributed by atoms with Gasteiger partial charge in [-0.2, -0.15) is 0 Å². The van der Waals surface area contributed by atoms with Crippen LogP contribution in [0.25, 0.3) is 4.85 Å². The summed E-state index contributed by atoms with van der Waals surface area (Å²) in [4.78, 5) is 36.2. The van der Waals surface area contributed by atoms with Crippen molar-refractivity contribution < 1.29 is 14.3 Å². The number of nitrogens with one attached hydrogen (secondary N) is 1. The number of ether oxygens (including phenoxy) is 1. The molecule has 1 aliphatic rings. The second-order valence-electron chi connectivity index (χ2n) is 9.53. The number of benzene rings is 2. The maximum absolute atomic E-state index is 13.6. The first-order chi connectivity index (χ1) is 18.4. The molecule has 8 heteroatoms. The normalized spacial score (nSPS) is 14.6. The highest BCUT2D eigenvalue weighted by atomic mass is 16.5. The van der Waals surface area contributed by atoms with Gasteiger partial charge in [0, 0.05) is 56.6 Å². The number of carbonyl (C=O) groups excluding carboxylic acids is 2. The average Bonchev–Trinajstić information content (AvgIpc) is 2.95. The number of hydrogen-bond donors (Lipinski definition) is 1. The van der Waals surface area contributed by atoms with E-state index >= 15 is 0 Å². The summed E-state index contributed by atoms with van der Waals surface area (Å²) in [5.41, 5.74) is 2.98. The minimum atomic E-state index is -0.369. The third kappa shape index (κ3) is 6.65. The molecule has 1 heterocycles. The van der Waals surface area contributed by atoms with Crippen LogP contribution in [0.15, 0.2) is 42.5 Å². The van der Waals surface area contributed by atoms with Crippen molar-refractivity contribution in [3.05, 3.63) is 59.4 Å². The Labute approximate surface area is 227 Å². The van der Waals surface area contributed by atoms with Gasteiger partial charge in [-0.3, -0.25) is 14.5 Å². The number of rotatable bonds is 11. The average molecular weight is 520 g/mol. The number of likely N-dealkylation sites (N-methyl/N-ethyl adjacent to an activating group) is 1. The van der Waals surface area contributed by atoms with E-state index in [4.69, 9.17) is 11.3 Å². The van der Waals surface area contributed by atoms with E-state index in [2.05, 4.69) is 20.0 Å². The zero-order chi connectivity index (χ0) is 27.7. The molecule has 2 aromatic carbocycles. The molecule has 0 bridgehead atoms. The zero-order valence-electron chi connectivity index (χ0n) is 23.4. The van der Waals surface area contributed by atoms with Crippen LogP contribution >= 0.6 is 0 Å². The smallest absolute Gasteiger partial charge is 0.244 e. The molecule has 1 N–H and O–H groups in total. The molecule has 1 saturated heterocycles. The largest absolute Gasteiger partial charge is 0.497 e. The van der Waals surface area contributed by atoms with Crippen molar-refractivity contribution in [3.63, 3.8) is 0 Å². The van der Waals surface area contributed by atoms with Gasteiger partial charge in [-0.05, 0) is 62.6 Å². The molecule has 2 amide bonds. The number of anilines is 2. The van der Waals surface area contributed by atoms with E-state index in [9.17, 15) is 9.59 Å². The molecule has 1 aliphatic heterocycles. The molecule has 0 radical (unpaired) electrons. The van der Waals surface area contributed by atoms with Crippen molar-refractivity contribution in [3.8, 4) is 5.75 Å². The Bertz CT molecular complexity index is 1110. The number of hydrogen-bond acceptors (Lipinski definition) is 5. The fraction of sp³-hybridized carbons (Fsp3) is 0.500. The second kappa shape index (κ2) is 13.8. The molecule has 0 aromatic heterocycles. The van der Waals surface area contributed by atoms with Gasteiger partial charge < -0.3 is 19.9 Å². The van der Waals surface area contributed by atoms with Gasteiger partial charge in [-0.25, -0.2) is 4.85 Å². The van der Waals surface area contributed by atoms with Crippen LogP contribution in [0.5, 0.6) is 5.75 Å². The molecule has 0 aliphatic carbocycles. The molecule has 2 aromatic rings. The highest BCUT2D eigenvalue weighted by Gasteiger charge is 2.33. The summed E-state index contributed by atoms with van der Waals surface area (Å²) < 4.78 is 5.32. The lowest BCUT2D eigenvalue weighted by Gasteiger charge is -2.41. The predicted molar refractivity (Wildman–Crippen MR) is 153 cm³/mol. The topological polar surface area (TPSA) is 69.5 Å². The van der Waals surface area contributed by atoms with Crippen molar-refractivity contribution in [1.82, 2.24) is 9.80 Å². The van der Waals surface area contributed by atoms with Gasteiger partial charge in [0.15, 0.2) is 0 Å². The van der Waals surface area contributed by atoms with Gasteiger partial charge in [0.2, 0.25) is 17.5 Å². The quantitative estimate of drug-likeness (QED) is 0.405. The summed E-state index contributed by atoms with van der Waals surface area (Å²) in [6, 6.07) is 12.9. The van der Waals surface area contributed by atoms with Crippen LogP contribution in [0.4, 0.5) is 17.1 Å². The highest BCUT2D eigenvalue weighted by Crippen LogP contribution is 2.34. The molecular weight excluding hydrogens is 478 g/mol. The van der Waals surface area contributed by atoms with Crippen LogP contribution in [0.1, 0.15) is 52.1 Å². The Kier molecular flexibility index (Phi) is 10.5. The van der Waals surface area contributed by atoms with E-state index in [1.807, 2.05) is 69.0 Å². The molecular formula is C30H41N5O3. The minimum Gasteiger partial charge on any atom is -0.497 e. The molecule has 1 unspecified atom stereocenters. The van der Waals surface area contributed by atoms with Crippen molar-refractivity contribution >= 4 is 28.9 Å². The van der Waals surface area contributed by atoms with Gasteiger partial charge in [0.25, 0.3) is 0 Å². The fourth-order valence-electron chi connectivity index (χ4n) is 5.09. The molecule has 204 valence electrons. The second-order valence-corrected chi connectivity index (χ2v) is 9.53. The number of piperazine rings is 1. The molecule has 0 saturated carbocycles. The first-order valence-corrected chi connectivity index (χ1v) is 13.6. The Morgan fingerprint density at radius 2 is 1.63 bits per heavy atom. The Morgan fingerprint density at radius 1 is 1.00 bits per heavy atom. The lowest BCUT2D eigenvalue weighted by atomic mass is 10.0. The van der Waals surface area contributed by atoms with Crippen LogP contribution in [0, 0.1) is 12.5 Å². The standard InChI is InChI=1S/C30H41N5O3/c1-7-22(8-2)29(36)32-24-13-16-27(26(21-24)31-5)34-17-19-35(20-18-34)28(30(37)33(9-3)10-4)23-11-14-25(38-6)15-12-23/h11-16,21-22,28H,7-10,17-20H2,1-4,6H3,(H,32,36). The number of amides is 2. The SMILES string of the molecule is [C-]#[N+]c1cc(NC(=O)C(CC)CC)ccc1N1CCN(C(C(=O)N(CC)CC)c2ccc(OC)cc2)CC1. The Hall–Kier alpha value is -3.57. The van der Waals surface area contributed by atoms with E-state index in [0.29, 0.717) is 50.6 Å². The van der Waals surface area contributed by atoms with Crippen LogP contribution in [-0.2, 0) is 9.59 Å². The third-order valence-electron chi connectivity index (χ3n) is 7.48. The van der Waals surface area contributed by atoms with Crippen LogP contribution < -0.4 is 15.0 Å². The molecule has 3 rings (SSSR count). The van der Waals surface area contributed by atoms with Crippen molar-refractivity contribution in [2.45, 2.75) is 46.6 Å². The van der Waals surface area contributed by atoms with E-state index in [-0.39, 0.29) is 23.8 Å². The predicted octanol–water partition coefficient (Wildman–Crippen LogP) is 5.35. The van der Waals surface area contributed by atoms with Crippen molar-refractivity contribution in [2.75, 3.05) is 56.6 Å². The van der Waals surface area contributed by atoms with Gasteiger partial charge in [0.1, 0.15) is 11.8 Å². The lowest BCUT2D eigenvalue weighted by molar-refractivity contribution is -0.137. The van der Waals surface area contributed by atoms with E-state index in [1.54, 1.807) is 13.2 Å². The van der Waals surface area contributed by atoms with E-state index in [1.165, 1.54) is 0 Å². The van der Waals surface area contributed by atoms with E-state index < -0.39 is 0 Å². The Balaban J connectivity index is 1.77. The van der Waals surface area contributed by atoms with Crippen LogP contribution in [0.2, 0.25) is 0 Å². The molecule has 8 nitrogen and oxygen atoms in total. The Morgan fingerprint density at radius 3 is 2.16 bits per heavy atom. The van der Waals surface area contributed by atoms with E-state index in [0.717, 1.165) is 29.8 Å². The van der Waals surface area contributed by atoms with Crippen LogP contribution in [-0.4, -0.2) is 68.0 Å². The maximum atomic E-state index is 13.6. The number of nitrogens with zero attached hydrogens (tertiary/aromatic N) is 4. The zero-order valence-corrected chi connectivity index (χ0v) is 23.4. The highest BCUT2D eigenvalue weighted by molar-refractivity contribution is 5.94. The van der Waals surface area contributed by atoms with Gasteiger partial charge in [-0.15, -0.1) is 0 Å². The van der Waals surface area contributed by atoms with Crippen molar-refractivity contribution in [1.29, 1.82) is 0 Å². The summed E-state index contributed by atoms with van der Waals surface area (Å²) in [7, 11) is 1.64. The first-order valence-electron chi connectivity index (χ1n) is 13.6. The minimum absolute atomic E-state index is 0.00487. The lowest BCUT2D eigenvalue weighted by Crippen LogP contribution is -2.51. The van der Waals surface area contributed by atoms with Gasteiger partial charge >= 0.3 is 0 Å². The molecule has 1 fully saturated rings. The summed E-state index contributed by atoms with van der Waals surface area (Å²) in [6.07, 6.45) is 1.57. The fourth-order valence-corrected chi connectivity index (χ4v) is 5.09. The maximum Gasteiger partial charge on any atom is 0.244 e. The summed E-state index contributed by atoms with van der Waals surface area (Å²) in [6.45, 7) is 19.9. The molecule has 1 atom stereocenters. The number of carbonyl (C=O) groups is 2. The molecule has 38 heavy (non-hydrogen) atoms. The first kappa shape index (κ1) is 29.0. The van der Waals surface area contributed by atoms with Gasteiger partial charge in [-0.1, -0.05) is 26.0 Å². The third-order valence-corrected chi connectivity index (χ3v) is 7.48. The monoisotopic (exact) mass is 519 g/mol.